The maximum Gasteiger partial charge on any atom is 0.496 e. The predicted molar refractivity (Wildman–Crippen MR) is 55.8 cm³/mol. The summed E-state index contributed by atoms with van der Waals surface area (Å²) < 4.78 is 16.6. The van der Waals surface area contributed by atoms with Gasteiger partial charge in [0.15, 0.2) is 0 Å². The second-order valence-electron chi connectivity index (χ2n) is 3.74. The summed E-state index contributed by atoms with van der Waals surface area (Å²) in [6.07, 6.45) is 5.66. The van der Waals surface area contributed by atoms with Crippen LogP contribution >= 0.6 is 0 Å². The Morgan fingerprint density at radius 2 is 2.40 bits per heavy atom. The Hall–Kier alpha value is -1.04. The highest BCUT2D eigenvalue weighted by atomic mass is 16.6. The first-order chi connectivity index (χ1) is 7.38. The number of allylic oxidation sites excluding steroid dienone is 3. The van der Waals surface area contributed by atoms with Crippen molar-refractivity contribution in [2.75, 3.05) is 20.3 Å². The van der Waals surface area contributed by atoms with Crippen molar-refractivity contribution in [2.45, 2.75) is 6.23 Å². The molecule has 5 heteroatoms. The van der Waals surface area contributed by atoms with Crippen molar-refractivity contribution >= 4 is 7.12 Å². The number of likely N-dealkylation sites (N-methyl/N-ethyl adjacent to an activating group) is 1. The first-order valence-corrected chi connectivity index (χ1v) is 5.05. The maximum absolute atomic E-state index is 5.69. The van der Waals surface area contributed by atoms with Gasteiger partial charge in [-0.25, -0.2) is 0 Å². The summed E-state index contributed by atoms with van der Waals surface area (Å²) in [6, 6.07) is 0. The topological polar surface area (TPSA) is 39.7 Å². The van der Waals surface area contributed by atoms with Crippen LogP contribution in [0.2, 0.25) is 0 Å². The average Bonchev–Trinajstić information content (AvgIpc) is 2.55. The van der Waals surface area contributed by atoms with Gasteiger partial charge >= 0.3 is 7.12 Å². The minimum atomic E-state index is -0.233. The first-order valence-electron chi connectivity index (χ1n) is 5.05. The molecule has 78 valence electrons. The molecule has 4 nitrogen and oxygen atoms in total. The third-order valence-electron chi connectivity index (χ3n) is 2.82. The van der Waals surface area contributed by atoms with E-state index in [1.165, 1.54) is 5.57 Å². The van der Waals surface area contributed by atoms with Crippen molar-refractivity contribution in [1.82, 2.24) is 5.32 Å². The Labute approximate surface area is 88.7 Å². The number of ether oxygens (including phenoxy) is 1. The van der Waals surface area contributed by atoms with Gasteiger partial charge in [0.2, 0.25) is 0 Å². The second-order valence-corrected chi connectivity index (χ2v) is 3.74. The van der Waals surface area contributed by atoms with Crippen LogP contribution in [-0.4, -0.2) is 33.6 Å². The Balaban J connectivity index is 2.05. The van der Waals surface area contributed by atoms with Crippen molar-refractivity contribution in [1.29, 1.82) is 0 Å². The van der Waals surface area contributed by atoms with Crippen molar-refractivity contribution in [3.05, 3.63) is 35.0 Å². The number of rotatable bonds is 1. The van der Waals surface area contributed by atoms with E-state index in [1.54, 1.807) is 6.26 Å². The Morgan fingerprint density at radius 1 is 1.47 bits per heavy atom. The van der Waals surface area contributed by atoms with Gasteiger partial charge in [-0.3, -0.25) is 5.32 Å². The molecule has 0 amide bonds. The molecule has 0 aromatic heterocycles. The van der Waals surface area contributed by atoms with Crippen LogP contribution in [-0.2, 0) is 14.0 Å². The molecule has 3 aliphatic heterocycles. The minimum Gasteiger partial charge on any atom is -0.497 e. The van der Waals surface area contributed by atoms with Crippen LogP contribution in [0.25, 0.3) is 0 Å². The molecule has 0 saturated heterocycles. The molecule has 1 N–H and O–H groups in total. The van der Waals surface area contributed by atoms with Gasteiger partial charge in [0, 0.05) is 0 Å². The molecule has 0 bridgehead atoms. The van der Waals surface area contributed by atoms with Crippen LogP contribution in [0.5, 0.6) is 0 Å². The quantitative estimate of drug-likeness (QED) is 0.628. The van der Waals surface area contributed by atoms with E-state index in [0.717, 1.165) is 11.0 Å². The SMILES string of the molecule is CN[C@@H]1C=C2C=COCC3=C2B(OC3)O1. The predicted octanol–water partition coefficient (Wildman–Crippen LogP) is 0.387. The van der Waals surface area contributed by atoms with Gasteiger partial charge in [-0.15, -0.1) is 0 Å². The van der Waals surface area contributed by atoms with Crippen molar-refractivity contribution < 1.29 is 14.0 Å². The largest absolute Gasteiger partial charge is 0.497 e. The lowest BCUT2D eigenvalue weighted by molar-refractivity contribution is 0.161. The highest BCUT2D eigenvalue weighted by Crippen LogP contribution is 2.32. The van der Waals surface area contributed by atoms with Gasteiger partial charge in [0.05, 0.1) is 12.9 Å². The van der Waals surface area contributed by atoms with E-state index < -0.39 is 0 Å². The smallest absolute Gasteiger partial charge is 0.496 e. The Bertz CT molecular complexity index is 375. The summed E-state index contributed by atoms with van der Waals surface area (Å²) in [5.74, 6) is 0. The highest BCUT2D eigenvalue weighted by Gasteiger charge is 2.40. The minimum absolute atomic E-state index is 0.0872. The Kier molecular flexibility index (Phi) is 2.16. The zero-order chi connectivity index (χ0) is 10.3. The number of hydrogen-bond acceptors (Lipinski definition) is 4. The van der Waals surface area contributed by atoms with E-state index in [9.17, 15) is 0 Å². The third kappa shape index (κ3) is 1.43. The van der Waals surface area contributed by atoms with Crippen LogP contribution in [0.4, 0.5) is 0 Å². The highest BCUT2D eigenvalue weighted by molar-refractivity contribution is 6.57. The molecule has 0 saturated carbocycles. The van der Waals surface area contributed by atoms with Gasteiger partial charge in [0.25, 0.3) is 0 Å². The molecule has 0 aliphatic carbocycles. The fraction of sp³-hybridized carbons (Fsp3) is 0.400. The van der Waals surface area contributed by atoms with Gasteiger partial charge in [-0.2, -0.15) is 0 Å². The molecule has 3 aliphatic rings. The van der Waals surface area contributed by atoms with Crippen LogP contribution in [0.3, 0.4) is 0 Å². The normalized spacial score (nSPS) is 28.5. The zero-order valence-corrected chi connectivity index (χ0v) is 8.53. The molecule has 0 aromatic carbocycles. The molecule has 0 spiro atoms. The van der Waals surface area contributed by atoms with E-state index >= 15 is 0 Å². The molecule has 1 atom stereocenters. The zero-order valence-electron chi connectivity index (χ0n) is 8.53. The van der Waals surface area contributed by atoms with E-state index in [2.05, 4.69) is 5.32 Å². The van der Waals surface area contributed by atoms with Gasteiger partial charge in [-0.1, -0.05) is 0 Å². The van der Waals surface area contributed by atoms with Crippen molar-refractivity contribution in [3.63, 3.8) is 0 Å². The fourth-order valence-electron chi connectivity index (χ4n) is 2.06. The first kappa shape index (κ1) is 9.21. The molecule has 3 heterocycles. The summed E-state index contributed by atoms with van der Waals surface area (Å²) in [6.45, 7) is 1.21. The van der Waals surface area contributed by atoms with Gasteiger partial charge in [0.1, 0.15) is 12.8 Å². The van der Waals surface area contributed by atoms with Crippen molar-refractivity contribution in [2.24, 2.45) is 0 Å². The summed E-state index contributed by atoms with van der Waals surface area (Å²) >= 11 is 0. The fourth-order valence-corrected chi connectivity index (χ4v) is 2.06. The van der Waals surface area contributed by atoms with Crippen molar-refractivity contribution in [3.8, 4) is 0 Å². The summed E-state index contributed by atoms with van der Waals surface area (Å²) in [4.78, 5) is 0. The van der Waals surface area contributed by atoms with E-state index in [-0.39, 0.29) is 13.3 Å². The van der Waals surface area contributed by atoms with E-state index in [0.29, 0.717) is 13.2 Å². The average molecular weight is 205 g/mol. The molecule has 0 fully saturated rings. The standard InChI is InChI=1S/C10H12BNO3/c1-12-9-4-7-2-3-13-5-8-6-14-11(15-9)10(7)8/h2-4,9,12H,5-6H2,1H3/t9-/m0/s1. The summed E-state index contributed by atoms with van der Waals surface area (Å²) in [5, 5.41) is 3.06. The monoisotopic (exact) mass is 205 g/mol. The lowest BCUT2D eigenvalue weighted by atomic mass is 9.71. The lowest BCUT2D eigenvalue weighted by Gasteiger charge is -2.24. The molecule has 0 aromatic rings. The number of nitrogens with one attached hydrogen (secondary N) is 1. The summed E-state index contributed by atoms with van der Waals surface area (Å²) in [5.41, 5.74) is 3.48. The molecule has 3 rings (SSSR count). The summed E-state index contributed by atoms with van der Waals surface area (Å²) in [7, 11) is 1.63. The van der Waals surface area contributed by atoms with Gasteiger partial charge in [-0.05, 0) is 35.8 Å². The van der Waals surface area contributed by atoms with Crippen LogP contribution in [0, 0.1) is 0 Å². The molecule has 0 unspecified atom stereocenters. The number of hydrogen-bond donors (Lipinski definition) is 1. The second kappa shape index (κ2) is 3.52. The van der Waals surface area contributed by atoms with Crippen LogP contribution in [0.15, 0.2) is 35.0 Å². The van der Waals surface area contributed by atoms with Crippen LogP contribution < -0.4 is 5.32 Å². The maximum atomic E-state index is 5.69. The van der Waals surface area contributed by atoms with Crippen LogP contribution in [0.1, 0.15) is 0 Å². The molecule has 15 heavy (non-hydrogen) atoms. The molecule has 0 radical (unpaired) electrons. The van der Waals surface area contributed by atoms with Gasteiger partial charge < -0.3 is 14.0 Å². The molecular weight excluding hydrogens is 193 g/mol. The van der Waals surface area contributed by atoms with E-state index in [1.807, 2.05) is 19.2 Å². The molecular formula is C10H12BNO3. The lowest BCUT2D eigenvalue weighted by Crippen LogP contribution is -2.39. The van der Waals surface area contributed by atoms with E-state index in [4.69, 9.17) is 14.0 Å². The third-order valence-corrected chi connectivity index (χ3v) is 2.82. The Morgan fingerprint density at radius 3 is 3.27 bits per heavy atom.